The number of fused-ring (bicyclic) bond motifs is 2. The van der Waals surface area contributed by atoms with Gasteiger partial charge in [0.15, 0.2) is 0 Å². The Labute approximate surface area is 216 Å². The van der Waals surface area contributed by atoms with Crippen LogP contribution in [0.25, 0.3) is 11.0 Å². The van der Waals surface area contributed by atoms with Crippen LogP contribution in [-0.2, 0) is 20.9 Å². The summed E-state index contributed by atoms with van der Waals surface area (Å²) >= 11 is 0. The molecule has 37 heavy (non-hydrogen) atoms. The highest BCUT2D eigenvalue weighted by Gasteiger charge is 2.40. The molecule has 2 fully saturated rings. The summed E-state index contributed by atoms with van der Waals surface area (Å²) in [6.07, 6.45) is 3.56. The zero-order valence-corrected chi connectivity index (χ0v) is 21.0. The molecule has 194 valence electrons. The molecule has 8 heteroatoms. The molecule has 0 bridgehead atoms. The fourth-order valence-corrected chi connectivity index (χ4v) is 5.70. The number of carbonyl (C=O) groups excluding carboxylic acids is 2. The number of amides is 2. The molecule has 2 amide bonds. The zero-order chi connectivity index (χ0) is 25.2. The first-order valence-electron chi connectivity index (χ1n) is 13.3. The summed E-state index contributed by atoms with van der Waals surface area (Å²) in [5.74, 6) is 1.56. The molecular weight excluding hydrogens is 470 g/mol. The molecule has 2 saturated heterocycles. The summed E-state index contributed by atoms with van der Waals surface area (Å²) in [6.45, 7) is 3.35. The maximum Gasteiger partial charge on any atom is 0.249 e. The van der Waals surface area contributed by atoms with E-state index in [0.29, 0.717) is 26.2 Å². The number of furan rings is 1. The number of hydrogen-bond acceptors (Lipinski definition) is 6. The zero-order valence-electron chi connectivity index (χ0n) is 21.0. The van der Waals surface area contributed by atoms with Crippen LogP contribution in [-0.4, -0.2) is 61.2 Å². The Kier molecular flexibility index (Phi) is 6.50. The molecule has 0 saturated carbocycles. The normalized spacial score (nSPS) is 20.9. The van der Waals surface area contributed by atoms with E-state index in [1.54, 1.807) is 0 Å². The first-order chi connectivity index (χ1) is 18.1. The molecule has 1 aromatic heterocycles. The van der Waals surface area contributed by atoms with E-state index >= 15 is 0 Å². The lowest BCUT2D eigenvalue weighted by molar-refractivity contribution is -0.138. The van der Waals surface area contributed by atoms with Crippen molar-refractivity contribution in [3.8, 4) is 5.75 Å². The number of likely N-dealkylation sites (tertiary alicyclic amines) is 1. The van der Waals surface area contributed by atoms with Crippen LogP contribution in [0.2, 0.25) is 0 Å². The van der Waals surface area contributed by atoms with Crippen LogP contribution in [0.15, 0.2) is 59.0 Å². The van der Waals surface area contributed by atoms with Crippen LogP contribution in [0, 0.1) is 0 Å². The lowest BCUT2D eigenvalue weighted by atomic mass is 9.87. The van der Waals surface area contributed by atoms with Crippen LogP contribution in [0.4, 0.5) is 5.69 Å². The van der Waals surface area contributed by atoms with Crippen LogP contribution in [0.1, 0.15) is 37.9 Å². The highest BCUT2D eigenvalue weighted by Crippen LogP contribution is 2.41. The van der Waals surface area contributed by atoms with Crippen molar-refractivity contribution in [3.63, 3.8) is 0 Å². The average molecular weight is 504 g/mol. The number of ether oxygens (including phenoxy) is 2. The van der Waals surface area contributed by atoms with Crippen LogP contribution in [0.5, 0.6) is 5.75 Å². The van der Waals surface area contributed by atoms with Crippen molar-refractivity contribution in [2.24, 2.45) is 0 Å². The highest BCUT2D eigenvalue weighted by atomic mass is 16.5. The number of nitrogens with zero attached hydrogens (tertiary/aromatic N) is 2. The van der Waals surface area contributed by atoms with Crippen molar-refractivity contribution >= 4 is 28.5 Å². The Morgan fingerprint density at radius 1 is 1.00 bits per heavy atom. The van der Waals surface area contributed by atoms with E-state index in [1.807, 2.05) is 41.3 Å². The van der Waals surface area contributed by atoms with E-state index in [2.05, 4.69) is 28.4 Å². The van der Waals surface area contributed by atoms with E-state index in [4.69, 9.17) is 13.9 Å². The van der Waals surface area contributed by atoms with Gasteiger partial charge in [-0.1, -0.05) is 30.3 Å². The van der Waals surface area contributed by atoms with Gasteiger partial charge >= 0.3 is 0 Å². The molecule has 0 radical (unpaired) electrons. The lowest BCUT2D eigenvalue weighted by Gasteiger charge is -2.41. The molecule has 4 heterocycles. The SMILES string of the molecule is O=C(NCC(=O)N1CCC2(CC1)CCN(Cc1cc3ccccc3o1)c1ccccc1O2)C1CCCO1. The molecule has 8 nitrogen and oxygen atoms in total. The van der Waals surface area contributed by atoms with Gasteiger partial charge in [-0.25, -0.2) is 0 Å². The third-order valence-corrected chi connectivity index (χ3v) is 7.86. The predicted octanol–water partition coefficient (Wildman–Crippen LogP) is 3.88. The van der Waals surface area contributed by atoms with Crippen molar-refractivity contribution in [1.29, 1.82) is 0 Å². The molecule has 3 aliphatic heterocycles. The summed E-state index contributed by atoms with van der Waals surface area (Å²) in [6, 6.07) is 18.4. The number of nitrogens with one attached hydrogen (secondary N) is 1. The molecule has 3 aliphatic rings. The summed E-state index contributed by atoms with van der Waals surface area (Å²) in [5.41, 5.74) is 1.64. The van der Waals surface area contributed by atoms with E-state index in [1.165, 1.54) is 0 Å². The summed E-state index contributed by atoms with van der Waals surface area (Å²) in [7, 11) is 0. The van der Waals surface area contributed by atoms with Crippen molar-refractivity contribution in [2.75, 3.05) is 37.7 Å². The van der Waals surface area contributed by atoms with Gasteiger partial charge in [0.05, 0.1) is 18.8 Å². The first-order valence-corrected chi connectivity index (χ1v) is 13.3. The van der Waals surface area contributed by atoms with Gasteiger partial charge in [-0.3, -0.25) is 9.59 Å². The van der Waals surface area contributed by atoms with Crippen LogP contribution in [0.3, 0.4) is 0 Å². The molecule has 1 unspecified atom stereocenters. The second-order valence-corrected chi connectivity index (χ2v) is 10.3. The summed E-state index contributed by atoms with van der Waals surface area (Å²) in [4.78, 5) is 29.2. The lowest BCUT2D eigenvalue weighted by Crippen LogP contribution is -2.52. The van der Waals surface area contributed by atoms with Gasteiger partial charge in [-0.05, 0) is 37.1 Å². The molecule has 6 rings (SSSR count). The number of para-hydroxylation sites is 3. The second-order valence-electron chi connectivity index (χ2n) is 10.3. The Balaban J connectivity index is 1.10. The smallest absolute Gasteiger partial charge is 0.249 e. The van der Waals surface area contributed by atoms with Gasteiger partial charge in [0.1, 0.15) is 28.8 Å². The van der Waals surface area contributed by atoms with Gasteiger partial charge in [0.2, 0.25) is 11.8 Å². The predicted molar refractivity (Wildman–Crippen MR) is 139 cm³/mol. The molecule has 0 aliphatic carbocycles. The molecule has 3 aromatic rings. The number of piperidine rings is 1. The number of benzene rings is 2. The summed E-state index contributed by atoms with van der Waals surface area (Å²) in [5, 5.41) is 3.86. The maximum atomic E-state index is 12.8. The molecule has 1 atom stereocenters. The Bertz CT molecular complexity index is 1240. The number of carbonyl (C=O) groups is 2. The minimum atomic E-state index is -0.417. The minimum Gasteiger partial charge on any atom is -0.485 e. The fourth-order valence-electron chi connectivity index (χ4n) is 5.70. The van der Waals surface area contributed by atoms with E-state index in [0.717, 1.165) is 66.8 Å². The van der Waals surface area contributed by atoms with Gasteiger partial charge in [0, 0.05) is 50.9 Å². The number of rotatable bonds is 5. The average Bonchev–Trinajstić information content (AvgIpc) is 3.58. The van der Waals surface area contributed by atoms with Gasteiger partial charge in [-0.15, -0.1) is 0 Å². The van der Waals surface area contributed by atoms with Gasteiger partial charge < -0.3 is 29.0 Å². The molecule has 2 aromatic carbocycles. The largest absolute Gasteiger partial charge is 0.485 e. The van der Waals surface area contributed by atoms with Gasteiger partial charge in [-0.2, -0.15) is 0 Å². The quantitative estimate of drug-likeness (QED) is 0.569. The minimum absolute atomic E-state index is 0.0145. The van der Waals surface area contributed by atoms with Crippen molar-refractivity contribution in [2.45, 2.75) is 50.4 Å². The van der Waals surface area contributed by atoms with E-state index in [9.17, 15) is 9.59 Å². The van der Waals surface area contributed by atoms with E-state index < -0.39 is 6.10 Å². The standard InChI is InChI=1S/C29H33N3O5/c33-27(19-30-28(34)26-10-5-17-35-26)31-14-11-29(12-15-31)13-16-32(23-7-2-4-9-25(23)37-29)20-22-18-21-6-1-3-8-24(21)36-22/h1-4,6-9,18,26H,5,10-17,19-20H2,(H,30,34). The Morgan fingerprint density at radius 3 is 2.59 bits per heavy atom. The number of hydrogen-bond donors (Lipinski definition) is 1. The third-order valence-electron chi connectivity index (χ3n) is 7.86. The Hall–Kier alpha value is -3.52. The topological polar surface area (TPSA) is 84.3 Å². The fraction of sp³-hybridized carbons (Fsp3) is 0.448. The van der Waals surface area contributed by atoms with Crippen molar-refractivity contribution in [1.82, 2.24) is 10.2 Å². The van der Waals surface area contributed by atoms with E-state index in [-0.39, 0.29) is 24.0 Å². The van der Waals surface area contributed by atoms with Crippen molar-refractivity contribution in [3.05, 3.63) is 60.4 Å². The summed E-state index contributed by atoms with van der Waals surface area (Å²) < 4.78 is 18.2. The van der Waals surface area contributed by atoms with Gasteiger partial charge in [0.25, 0.3) is 0 Å². The first kappa shape index (κ1) is 23.9. The second kappa shape index (κ2) is 10.1. The van der Waals surface area contributed by atoms with Crippen LogP contribution < -0.4 is 15.0 Å². The monoisotopic (exact) mass is 503 g/mol. The maximum absolute atomic E-state index is 12.8. The molecule has 1 N–H and O–H groups in total. The third kappa shape index (κ3) is 5.03. The highest BCUT2D eigenvalue weighted by molar-refractivity contribution is 5.87. The van der Waals surface area contributed by atoms with Crippen molar-refractivity contribution < 1.29 is 23.5 Å². The number of anilines is 1. The Morgan fingerprint density at radius 2 is 1.78 bits per heavy atom. The molecule has 1 spiro atoms. The molecular formula is C29H33N3O5. The van der Waals surface area contributed by atoms with Crippen LogP contribution >= 0.6 is 0 Å².